The molecular formula is C25H20ClN3O2. The molecule has 154 valence electrons. The van der Waals surface area contributed by atoms with Gasteiger partial charge in [0.25, 0.3) is 5.91 Å². The lowest BCUT2D eigenvalue weighted by molar-refractivity contribution is 0.0956. The Morgan fingerprint density at radius 3 is 2.55 bits per heavy atom. The number of nitrogens with one attached hydrogen (secondary N) is 1. The van der Waals surface area contributed by atoms with Crippen molar-refractivity contribution in [3.63, 3.8) is 0 Å². The lowest BCUT2D eigenvalue weighted by Crippen LogP contribution is -2.18. The first-order valence-electron chi connectivity index (χ1n) is 9.86. The number of hydrazone groups is 1. The van der Waals surface area contributed by atoms with Crippen molar-refractivity contribution in [1.82, 2.24) is 10.4 Å². The van der Waals surface area contributed by atoms with Crippen molar-refractivity contribution in [1.29, 1.82) is 0 Å². The number of halogens is 1. The van der Waals surface area contributed by atoms with Gasteiger partial charge in [0.1, 0.15) is 5.75 Å². The monoisotopic (exact) mass is 429 g/mol. The fourth-order valence-corrected chi connectivity index (χ4v) is 3.30. The van der Waals surface area contributed by atoms with Gasteiger partial charge >= 0.3 is 0 Å². The van der Waals surface area contributed by atoms with Gasteiger partial charge in [-0.15, -0.1) is 0 Å². The summed E-state index contributed by atoms with van der Waals surface area (Å²) in [5.74, 6) is 0.484. The van der Waals surface area contributed by atoms with E-state index in [9.17, 15) is 4.79 Å². The summed E-state index contributed by atoms with van der Waals surface area (Å²) in [6, 6.07) is 24.1. The van der Waals surface area contributed by atoms with Gasteiger partial charge in [0, 0.05) is 16.0 Å². The summed E-state index contributed by atoms with van der Waals surface area (Å²) in [6.07, 6.45) is 1.59. The van der Waals surface area contributed by atoms with E-state index in [4.69, 9.17) is 21.3 Å². The zero-order chi connectivity index (χ0) is 21.6. The molecule has 1 aromatic heterocycles. The molecule has 4 aromatic rings. The molecule has 0 atom stereocenters. The molecule has 0 saturated heterocycles. The van der Waals surface area contributed by atoms with Gasteiger partial charge in [-0.25, -0.2) is 10.4 Å². The van der Waals surface area contributed by atoms with Crippen LogP contribution in [-0.2, 0) is 0 Å². The van der Waals surface area contributed by atoms with E-state index in [1.807, 2.05) is 67.6 Å². The van der Waals surface area contributed by atoms with Crippen LogP contribution >= 0.6 is 11.6 Å². The number of fused-ring (bicyclic) bond motifs is 1. The fraction of sp³-hybridized carbons (Fsp3) is 0.0800. The molecule has 0 aliphatic carbocycles. The molecule has 1 N–H and O–H groups in total. The van der Waals surface area contributed by atoms with E-state index in [2.05, 4.69) is 10.5 Å². The maximum absolute atomic E-state index is 12.9. The number of carbonyl (C=O) groups excluding carboxylic acids is 1. The van der Waals surface area contributed by atoms with Crippen LogP contribution in [0.4, 0.5) is 0 Å². The number of hydrogen-bond donors (Lipinski definition) is 1. The first-order chi connectivity index (χ1) is 15.1. The topological polar surface area (TPSA) is 63.6 Å². The molecular weight excluding hydrogens is 410 g/mol. The maximum Gasteiger partial charge on any atom is 0.272 e. The molecule has 31 heavy (non-hydrogen) atoms. The number of hydrogen-bond acceptors (Lipinski definition) is 4. The van der Waals surface area contributed by atoms with Gasteiger partial charge in [0.05, 0.1) is 29.6 Å². The van der Waals surface area contributed by atoms with E-state index < -0.39 is 0 Å². The van der Waals surface area contributed by atoms with E-state index in [1.165, 1.54) is 0 Å². The van der Waals surface area contributed by atoms with Crippen molar-refractivity contribution in [2.45, 2.75) is 6.92 Å². The number of amides is 1. The van der Waals surface area contributed by atoms with E-state index >= 15 is 0 Å². The number of nitrogens with zero attached hydrogens (tertiary/aromatic N) is 2. The summed E-state index contributed by atoms with van der Waals surface area (Å²) < 4.78 is 5.43. The minimum Gasteiger partial charge on any atom is -0.494 e. The molecule has 0 spiro atoms. The summed E-state index contributed by atoms with van der Waals surface area (Å²) in [7, 11) is 0. The Hall–Kier alpha value is -3.70. The molecule has 0 radical (unpaired) electrons. The maximum atomic E-state index is 12.9. The predicted molar refractivity (Wildman–Crippen MR) is 125 cm³/mol. The molecule has 0 aliphatic rings. The predicted octanol–water partition coefficient (Wildman–Crippen LogP) is 5.72. The molecule has 0 fully saturated rings. The Morgan fingerprint density at radius 1 is 1.06 bits per heavy atom. The summed E-state index contributed by atoms with van der Waals surface area (Å²) >= 11 is 6.00. The van der Waals surface area contributed by atoms with Crippen molar-refractivity contribution >= 4 is 34.6 Å². The Labute approximate surface area is 185 Å². The highest BCUT2D eigenvalue weighted by atomic mass is 35.5. The molecule has 4 rings (SSSR count). The van der Waals surface area contributed by atoms with Crippen molar-refractivity contribution in [2.75, 3.05) is 6.61 Å². The largest absolute Gasteiger partial charge is 0.494 e. The standard InChI is InChI=1S/C25H20ClN3O2/c1-2-31-20-13-7-17(8-14-20)16-27-29-25(30)22-15-24(18-9-11-19(26)12-10-18)28-23-6-4-3-5-21(22)23/h3-16H,2H2,1H3,(H,29,30). The van der Waals surface area contributed by atoms with Crippen LogP contribution in [0.5, 0.6) is 5.75 Å². The second-order valence-corrected chi connectivity index (χ2v) is 7.22. The van der Waals surface area contributed by atoms with Crippen LogP contribution in [0.15, 0.2) is 84.0 Å². The number of rotatable bonds is 6. The van der Waals surface area contributed by atoms with Crippen LogP contribution in [0, 0.1) is 0 Å². The number of ether oxygens (including phenoxy) is 1. The van der Waals surface area contributed by atoms with Crippen LogP contribution in [0.3, 0.4) is 0 Å². The minimum atomic E-state index is -0.309. The van der Waals surface area contributed by atoms with E-state index in [-0.39, 0.29) is 5.91 Å². The normalized spacial score (nSPS) is 11.0. The SMILES string of the molecule is CCOc1ccc(C=NNC(=O)c2cc(-c3ccc(Cl)cc3)nc3ccccc23)cc1. The Morgan fingerprint density at radius 2 is 1.81 bits per heavy atom. The highest BCUT2D eigenvalue weighted by Crippen LogP contribution is 2.26. The van der Waals surface area contributed by atoms with Gasteiger partial charge in [-0.05, 0) is 61.0 Å². The summed E-state index contributed by atoms with van der Waals surface area (Å²) in [5, 5.41) is 5.51. The molecule has 0 aliphatic heterocycles. The second-order valence-electron chi connectivity index (χ2n) is 6.78. The summed E-state index contributed by atoms with van der Waals surface area (Å²) in [4.78, 5) is 17.6. The van der Waals surface area contributed by atoms with E-state index in [0.717, 1.165) is 27.8 Å². The second kappa shape index (κ2) is 9.41. The molecule has 1 amide bonds. The van der Waals surface area contributed by atoms with Gasteiger partial charge in [-0.2, -0.15) is 5.10 Å². The van der Waals surface area contributed by atoms with Crippen LogP contribution < -0.4 is 10.2 Å². The molecule has 0 saturated carbocycles. The molecule has 0 unspecified atom stereocenters. The van der Waals surface area contributed by atoms with Crippen LogP contribution in [0.25, 0.3) is 22.2 Å². The summed E-state index contributed by atoms with van der Waals surface area (Å²) in [5.41, 5.74) is 6.27. The van der Waals surface area contributed by atoms with Gasteiger partial charge in [0.2, 0.25) is 0 Å². The number of para-hydroxylation sites is 1. The number of aromatic nitrogens is 1. The van der Waals surface area contributed by atoms with Gasteiger partial charge in [0.15, 0.2) is 0 Å². The van der Waals surface area contributed by atoms with Gasteiger partial charge < -0.3 is 4.74 Å². The van der Waals surface area contributed by atoms with Crippen LogP contribution in [-0.4, -0.2) is 23.7 Å². The zero-order valence-electron chi connectivity index (χ0n) is 16.9. The van der Waals surface area contributed by atoms with Crippen LogP contribution in [0.1, 0.15) is 22.8 Å². The fourth-order valence-electron chi connectivity index (χ4n) is 3.17. The Bertz CT molecular complexity index is 1240. The quantitative estimate of drug-likeness (QED) is 0.315. The Balaban J connectivity index is 1.60. The van der Waals surface area contributed by atoms with Gasteiger partial charge in [-0.1, -0.05) is 41.9 Å². The third-order valence-electron chi connectivity index (χ3n) is 4.67. The van der Waals surface area contributed by atoms with Crippen molar-refractivity contribution in [2.24, 2.45) is 5.10 Å². The van der Waals surface area contributed by atoms with E-state index in [1.54, 1.807) is 24.4 Å². The first-order valence-corrected chi connectivity index (χ1v) is 10.2. The van der Waals surface area contributed by atoms with Gasteiger partial charge in [-0.3, -0.25) is 4.79 Å². The number of benzene rings is 3. The number of pyridine rings is 1. The molecule has 0 bridgehead atoms. The lowest BCUT2D eigenvalue weighted by Gasteiger charge is -2.09. The lowest BCUT2D eigenvalue weighted by atomic mass is 10.0. The highest BCUT2D eigenvalue weighted by molar-refractivity contribution is 6.30. The number of carbonyl (C=O) groups is 1. The van der Waals surface area contributed by atoms with Crippen molar-refractivity contribution in [3.05, 3.63) is 95.0 Å². The third kappa shape index (κ3) is 4.90. The van der Waals surface area contributed by atoms with Crippen molar-refractivity contribution in [3.8, 4) is 17.0 Å². The Kier molecular flexibility index (Phi) is 6.24. The average Bonchev–Trinajstić information content (AvgIpc) is 2.80. The minimum absolute atomic E-state index is 0.309. The molecule has 1 heterocycles. The highest BCUT2D eigenvalue weighted by Gasteiger charge is 2.13. The average molecular weight is 430 g/mol. The first kappa shape index (κ1) is 20.6. The molecule has 5 nitrogen and oxygen atoms in total. The van der Waals surface area contributed by atoms with E-state index in [0.29, 0.717) is 22.9 Å². The van der Waals surface area contributed by atoms with Crippen molar-refractivity contribution < 1.29 is 9.53 Å². The third-order valence-corrected chi connectivity index (χ3v) is 4.92. The zero-order valence-corrected chi connectivity index (χ0v) is 17.6. The smallest absolute Gasteiger partial charge is 0.272 e. The molecule has 3 aromatic carbocycles. The molecule has 6 heteroatoms. The van der Waals surface area contributed by atoms with Crippen LogP contribution in [0.2, 0.25) is 5.02 Å². The summed E-state index contributed by atoms with van der Waals surface area (Å²) in [6.45, 7) is 2.55.